The van der Waals surface area contributed by atoms with E-state index in [0.29, 0.717) is 15.8 Å². The minimum atomic E-state index is -0.519. The molecule has 0 aliphatic rings. The predicted octanol–water partition coefficient (Wildman–Crippen LogP) is 4.35. The summed E-state index contributed by atoms with van der Waals surface area (Å²) in [6.07, 6.45) is 2.86. The molecule has 7 nitrogen and oxygen atoms in total. The Hall–Kier alpha value is -3.13. The lowest BCUT2D eigenvalue weighted by atomic mass is 10.2. The van der Waals surface area contributed by atoms with Crippen molar-refractivity contribution in [2.24, 2.45) is 7.05 Å². The summed E-state index contributed by atoms with van der Waals surface area (Å²) in [5.41, 5.74) is 2.65. The summed E-state index contributed by atoms with van der Waals surface area (Å²) in [5.74, 6) is 0.671. The molecule has 132 valence electrons. The maximum Gasteiger partial charge on any atom is 0.412 e. The van der Waals surface area contributed by atoms with Crippen LogP contribution < -0.4 is 5.32 Å². The molecule has 0 unspecified atom stereocenters. The molecule has 0 bridgehead atoms. The van der Waals surface area contributed by atoms with Crippen molar-refractivity contribution in [2.75, 3.05) is 5.32 Å². The third-order valence-corrected chi connectivity index (χ3v) is 5.01. The second-order valence-electron chi connectivity index (χ2n) is 5.77. The van der Waals surface area contributed by atoms with Crippen LogP contribution in [0.5, 0.6) is 0 Å². The van der Waals surface area contributed by atoms with E-state index in [0.717, 1.165) is 22.2 Å². The van der Waals surface area contributed by atoms with Crippen molar-refractivity contribution in [1.29, 1.82) is 0 Å². The Labute approximate surface area is 153 Å². The van der Waals surface area contributed by atoms with Crippen LogP contribution in [0.3, 0.4) is 0 Å². The summed E-state index contributed by atoms with van der Waals surface area (Å²) >= 11 is 1.34. The van der Waals surface area contributed by atoms with Gasteiger partial charge in [-0.2, -0.15) is 5.10 Å². The predicted molar refractivity (Wildman–Crippen MR) is 99.1 cm³/mol. The lowest BCUT2D eigenvalue weighted by molar-refractivity contribution is 0.155. The largest absolute Gasteiger partial charge is 0.462 e. The Bertz CT molecular complexity index is 1070. The molecule has 0 radical (unpaired) electrons. The number of nitrogens with zero attached hydrogens (tertiary/aromatic N) is 3. The maximum atomic E-state index is 12.1. The Morgan fingerprint density at radius 1 is 1.38 bits per heavy atom. The smallest absolute Gasteiger partial charge is 0.412 e. The Balaban J connectivity index is 1.40. The van der Waals surface area contributed by atoms with Gasteiger partial charge in [0.2, 0.25) is 0 Å². The quantitative estimate of drug-likeness (QED) is 0.579. The number of fused-ring (bicyclic) bond motifs is 1. The number of thiazole rings is 1. The van der Waals surface area contributed by atoms with Crippen LogP contribution in [0.1, 0.15) is 11.3 Å². The van der Waals surface area contributed by atoms with Gasteiger partial charge in [0.1, 0.15) is 11.6 Å². The second kappa shape index (κ2) is 6.64. The number of aromatic nitrogens is 3. The highest BCUT2D eigenvalue weighted by Gasteiger charge is 2.14. The number of nitrogens with one attached hydrogen (secondary N) is 1. The number of aryl methyl sites for hydroxylation is 2. The number of hydrogen-bond acceptors (Lipinski definition) is 6. The highest BCUT2D eigenvalue weighted by atomic mass is 32.1. The molecule has 3 heterocycles. The van der Waals surface area contributed by atoms with Crippen molar-refractivity contribution >= 4 is 33.3 Å². The van der Waals surface area contributed by atoms with Gasteiger partial charge in [0.15, 0.2) is 10.8 Å². The number of ether oxygens (including phenoxy) is 1. The van der Waals surface area contributed by atoms with Gasteiger partial charge in [0, 0.05) is 12.4 Å². The van der Waals surface area contributed by atoms with Crippen molar-refractivity contribution < 1.29 is 13.9 Å². The highest BCUT2D eigenvalue weighted by molar-refractivity contribution is 7.19. The van der Waals surface area contributed by atoms with Crippen LogP contribution in [0.4, 0.5) is 9.80 Å². The van der Waals surface area contributed by atoms with Crippen LogP contribution in [-0.4, -0.2) is 20.9 Å². The lowest BCUT2D eigenvalue weighted by Gasteiger charge is -2.06. The first-order valence-electron chi connectivity index (χ1n) is 7.96. The van der Waals surface area contributed by atoms with E-state index in [1.165, 1.54) is 11.3 Å². The van der Waals surface area contributed by atoms with Crippen molar-refractivity contribution in [3.05, 3.63) is 54.0 Å². The molecule has 1 amide bonds. The van der Waals surface area contributed by atoms with Crippen LogP contribution in [-0.2, 0) is 18.4 Å². The molecule has 8 heteroatoms. The number of rotatable bonds is 4. The summed E-state index contributed by atoms with van der Waals surface area (Å²) in [6, 6.07) is 9.47. The van der Waals surface area contributed by atoms with Crippen LogP contribution in [0, 0.1) is 6.92 Å². The first-order chi connectivity index (χ1) is 12.6. The monoisotopic (exact) mass is 368 g/mol. The second-order valence-corrected chi connectivity index (χ2v) is 6.77. The number of carbonyl (C=O) groups is 1. The molecule has 1 aromatic carbocycles. The number of furan rings is 1. The van der Waals surface area contributed by atoms with E-state index in [4.69, 9.17) is 9.15 Å². The molecule has 4 aromatic rings. The van der Waals surface area contributed by atoms with Crippen LogP contribution >= 0.6 is 11.3 Å². The third kappa shape index (κ3) is 3.18. The normalized spacial score (nSPS) is 11.0. The summed E-state index contributed by atoms with van der Waals surface area (Å²) in [7, 11) is 1.89. The zero-order valence-electron chi connectivity index (χ0n) is 14.2. The molecule has 4 rings (SSSR count). The Kier molecular flexibility index (Phi) is 4.18. The molecule has 26 heavy (non-hydrogen) atoms. The molecule has 0 aliphatic heterocycles. The summed E-state index contributed by atoms with van der Waals surface area (Å²) in [6.45, 7) is 2.01. The number of carbonyl (C=O) groups excluding carboxylic acids is 1. The highest BCUT2D eigenvalue weighted by Crippen LogP contribution is 2.32. The summed E-state index contributed by atoms with van der Waals surface area (Å²) < 4.78 is 12.5. The van der Waals surface area contributed by atoms with Crippen molar-refractivity contribution in [2.45, 2.75) is 13.5 Å². The number of benzene rings is 1. The standard InChI is InChI=1S/C18H16N4O3S/c1-11-16(26-17(20-11)15-4-3-7-24-15)21-18(23)25-10-12-5-6-14-13(8-12)9-19-22(14)2/h3-9H,10H2,1-2H3,(H,21,23). The summed E-state index contributed by atoms with van der Waals surface area (Å²) in [5, 5.41) is 9.31. The van der Waals surface area contributed by atoms with E-state index in [-0.39, 0.29) is 6.61 Å². The topological polar surface area (TPSA) is 82.2 Å². The van der Waals surface area contributed by atoms with Gasteiger partial charge in [-0.25, -0.2) is 9.78 Å². The van der Waals surface area contributed by atoms with Gasteiger partial charge in [-0.15, -0.1) is 0 Å². The van der Waals surface area contributed by atoms with E-state index in [9.17, 15) is 4.79 Å². The SMILES string of the molecule is Cc1nc(-c2ccco2)sc1NC(=O)OCc1ccc2c(cnn2C)c1. The molecule has 1 N–H and O–H groups in total. The maximum absolute atomic E-state index is 12.1. The zero-order valence-corrected chi connectivity index (χ0v) is 15.0. The van der Waals surface area contributed by atoms with Crippen LogP contribution in [0.15, 0.2) is 47.2 Å². The van der Waals surface area contributed by atoms with Gasteiger partial charge in [-0.3, -0.25) is 10.00 Å². The molecular weight excluding hydrogens is 352 g/mol. The van der Waals surface area contributed by atoms with Crippen LogP contribution in [0.25, 0.3) is 21.7 Å². The average Bonchev–Trinajstić information content (AvgIpc) is 3.35. The first kappa shape index (κ1) is 16.3. The molecule has 0 saturated carbocycles. The van der Waals surface area contributed by atoms with E-state index in [2.05, 4.69) is 15.4 Å². The first-order valence-corrected chi connectivity index (χ1v) is 8.77. The fraction of sp³-hybridized carbons (Fsp3) is 0.167. The van der Waals surface area contributed by atoms with Gasteiger partial charge < -0.3 is 9.15 Å². The van der Waals surface area contributed by atoms with E-state index >= 15 is 0 Å². The fourth-order valence-corrected chi connectivity index (χ4v) is 3.52. The van der Waals surface area contributed by atoms with Gasteiger partial charge in [0.05, 0.1) is 23.7 Å². The van der Waals surface area contributed by atoms with E-state index in [1.54, 1.807) is 23.2 Å². The van der Waals surface area contributed by atoms with Crippen LogP contribution in [0.2, 0.25) is 0 Å². The Morgan fingerprint density at radius 2 is 2.27 bits per heavy atom. The molecule has 0 fully saturated rings. The average molecular weight is 368 g/mol. The Morgan fingerprint density at radius 3 is 3.08 bits per heavy atom. The minimum absolute atomic E-state index is 0.180. The zero-order chi connectivity index (χ0) is 18.1. The molecule has 3 aromatic heterocycles. The van der Waals surface area contributed by atoms with Gasteiger partial charge >= 0.3 is 6.09 Å². The molecule has 0 saturated heterocycles. The summed E-state index contributed by atoms with van der Waals surface area (Å²) in [4.78, 5) is 16.5. The van der Waals surface area contributed by atoms with Crippen molar-refractivity contribution in [3.8, 4) is 10.8 Å². The van der Waals surface area contributed by atoms with Gasteiger partial charge in [-0.1, -0.05) is 17.4 Å². The molecule has 0 aliphatic carbocycles. The minimum Gasteiger partial charge on any atom is -0.462 e. The fourth-order valence-electron chi connectivity index (χ4n) is 2.60. The number of hydrogen-bond donors (Lipinski definition) is 1. The number of anilines is 1. The van der Waals surface area contributed by atoms with E-state index < -0.39 is 6.09 Å². The van der Waals surface area contributed by atoms with Gasteiger partial charge in [-0.05, 0) is 36.8 Å². The van der Waals surface area contributed by atoms with E-state index in [1.807, 2.05) is 38.2 Å². The third-order valence-electron chi connectivity index (χ3n) is 3.92. The van der Waals surface area contributed by atoms with Gasteiger partial charge in [0.25, 0.3) is 0 Å². The molecular formula is C18H16N4O3S. The number of amides is 1. The lowest BCUT2D eigenvalue weighted by Crippen LogP contribution is -2.13. The molecule has 0 atom stereocenters. The van der Waals surface area contributed by atoms with Crippen molar-refractivity contribution in [1.82, 2.24) is 14.8 Å². The van der Waals surface area contributed by atoms with Crippen molar-refractivity contribution in [3.63, 3.8) is 0 Å². The molecule has 0 spiro atoms.